The average Bonchev–Trinajstić information content (AvgIpc) is 3.30. The molecule has 0 spiro atoms. The van der Waals surface area contributed by atoms with E-state index in [1.807, 2.05) is 36.6 Å². The fourth-order valence-corrected chi connectivity index (χ4v) is 3.97. The van der Waals surface area contributed by atoms with Crippen molar-refractivity contribution in [3.63, 3.8) is 0 Å². The van der Waals surface area contributed by atoms with E-state index in [2.05, 4.69) is 0 Å². The normalized spacial score (nSPS) is 14.9. The molecule has 5 nitrogen and oxygen atoms in total. The first kappa shape index (κ1) is 19.9. The third-order valence-corrected chi connectivity index (χ3v) is 5.63. The number of Topliss-reactive ketones (excluding diaryl/α,β-unsaturated/α-hetero) is 1. The van der Waals surface area contributed by atoms with Gasteiger partial charge >= 0.3 is 5.97 Å². The van der Waals surface area contributed by atoms with Crippen LogP contribution in [0.3, 0.4) is 0 Å². The fraction of sp³-hybridized carbons (Fsp3) is 0.167. The molecule has 0 fully saturated rings. The molecule has 3 aromatic rings. The Morgan fingerprint density at radius 1 is 1.17 bits per heavy atom. The Morgan fingerprint density at radius 2 is 1.97 bits per heavy atom. The number of benzene rings is 2. The Bertz CT molecular complexity index is 1110. The fourth-order valence-electron chi connectivity index (χ4n) is 3.13. The molecule has 1 aliphatic rings. The number of esters is 1. The van der Waals surface area contributed by atoms with E-state index < -0.39 is 12.1 Å². The summed E-state index contributed by atoms with van der Waals surface area (Å²) < 4.78 is 16.9. The van der Waals surface area contributed by atoms with Crippen LogP contribution in [0.2, 0.25) is 0 Å². The quantitative estimate of drug-likeness (QED) is 0.397. The second-order valence-corrected chi connectivity index (χ2v) is 7.67. The number of carbonyl (C=O) groups is 2. The summed E-state index contributed by atoms with van der Waals surface area (Å²) in [7, 11) is 0. The van der Waals surface area contributed by atoms with Gasteiger partial charge in [-0.3, -0.25) is 4.79 Å². The number of fused-ring (bicyclic) bond motifs is 1. The van der Waals surface area contributed by atoms with E-state index in [4.69, 9.17) is 14.2 Å². The summed E-state index contributed by atoms with van der Waals surface area (Å²) in [5.74, 6) is 0.452. The predicted molar refractivity (Wildman–Crippen MR) is 115 cm³/mol. The molecule has 1 unspecified atom stereocenters. The van der Waals surface area contributed by atoms with Crippen molar-refractivity contribution < 1.29 is 23.8 Å². The molecule has 2 heterocycles. The number of allylic oxidation sites excluding steroid dienone is 1. The Labute approximate surface area is 178 Å². The minimum Gasteiger partial charge on any atom is -0.474 e. The molecule has 0 saturated carbocycles. The minimum atomic E-state index is -0.912. The summed E-state index contributed by atoms with van der Waals surface area (Å²) in [5, 5.41) is 1.97. The third kappa shape index (κ3) is 4.00. The van der Waals surface area contributed by atoms with Crippen LogP contribution in [0.4, 0.5) is 0 Å². The lowest BCUT2D eigenvalue weighted by molar-refractivity contribution is -0.151. The highest BCUT2D eigenvalue weighted by atomic mass is 32.1. The van der Waals surface area contributed by atoms with Crippen LogP contribution in [0.25, 0.3) is 6.08 Å². The SMILES string of the molecule is CCOC(=O)C(Oc1ccc2c(c1)OC(=Cc1sccc1C)C2=O)c1ccccc1. The van der Waals surface area contributed by atoms with Gasteiger partial charge in [-0.05, 0) is 43.0 Å². The molecule has 0 radical (unpaired) electrons. The van der Waals surface area contributed by atoms with Gasteiger partial charge in [-0.25, -0.2) is 4.79 Å². The van der Waals surface area contributed by atoms with Crippen LogP contribution in [0, 0.1) is 6.92 Å². The molecule has 30 heavy (non-hydrogen) atoms. The van der Waals surface area contributed by atoms with Crippen LogP contribution < -0.4 is 9.47 Å². The molecule has 1 aliphatic heterocycles. The molecule has 0 bridgehead atoms. The molecule has 4 rings (SSSR count). The van der Waals surface area contributed by atoms with Gasteiger partial charge in [0.15, 0.2) is 5.76 Å². The highest BCUT2D eigenvalue weighted by molar-refractivity contribution is 7.11. The highest BCUT2D eigenvalue weighted by Gasteiger charge is 2.29. The molecular formula is C24H20O5S. The standard InChI is InChI=1S/C24H20O5S/c1-3-27-24(26)23(16-7-5-4-6-8-16)28-17-9-10-18-19(13-17)29-20(22(18)25)14-21-15(2)11-12-30-21/h4-14,23H,3H2,1-2H3. The summed E-state index contributed by atoms with van der Waals surface area (Å²) >= 11 is 1.55. The highest BCUT2D eigenvalue weighted by Crippen LogP contribution is 2.37. The number of thiophene rings is 1. The second-order valence-electron chi connectivity index (χ2n) is 6.73. The van der Waals surface area contributed by atoms with E-state index in [0.29, 0.717) is 22.6 Å². The van der Waals surface area contributed by atoms with E-state index in [1.165, 1.54) is 0 Å². The van der Waals surface area contributed by atoms with E-state index >= 15 is 0 Å². The Morgan fingerprint density at radius 3 is 2.67 bits per heavy atom. The van der Waals surface area contributed by atoms with Gasteiger partial charge in [-0.1, -0.05) is 30.3 Å². The molecule has 0 N–H and O–H groups in total. The van der Waals surface area contributed by atoms with Gasteiger partial charge in [-0.15, -0.1) is 11.3 Å². The monoisotopic (exact) mass is 420 g/mol. The van der Waals surface area contributed by atoms with Gasteiger partial charge < -0.3 is 14.2 Å². The topological polar surface area (TPSA) is 61.8 Å². The van der Waals surface area contributed by atoms with Crippen molar-refractivity contribution in [1.82, 2.24) is 0 Å². The van der Waals surface area contributed by atoms with Gasteiger partial charge in [0.2, 0.25) is 11.9 Å². The Kier molecular flexibility index (Phi) is 5.68. The zero-order valence-corrected chi connectivity index (χ0v) is 17.4. The maximum Gasteiger partial charge on any atom is 0.352 e. The molecular weight excluding hydrogens is 400 g/mol. The first-order chi connectivity index (χ1) is 14.6. The predicted octanol–water partition coefficient (Wildman–Crippen LogP) is 5.36. The van der Waals surface area contributed by atoms with Crippen molar-refractivity contribution in [3.8, 4) is 11.5 Å². The lowest BCUT2D eigenvalue weighted by Crippen LogP contribution is -2.21. The summed E-state index contributed by atoms with van der Waals surface area (Å²) in [6, 6.07) is 16.1. The minimum absolute atomic E-state index is 0.172. The first-order valence-corrected chi connectivity index (χ1v) is 10.5. The number of hydrogen-bond donors (Lipinski definition) is 0. The summed E-state index contributed by atoms with van der Waals surface area (Å²) in [4.78, 5) is 26.1. The maximum absolute atomic E-state index is 12.7. The van der Waals surface area contributed by atoms with Crippen molar-refractivity contribution in [3.05, 3.63) is 87.3 Å². The smallest absolute Gasteiger partial charge is 0.352 e. The molecule has 6 heteroatoms. The second kappa shape index (κ2) is 8.55. The van der Waals surface area contributed by atoms with Crippen LogP contribution in [0.5, 0.6) is 11.5 Å². The zero-order valence-electron chi connectivity index (χ0n) is 16.6. The van der Waals surface area contributed by atoms with Crippen LogP contribution in [0.1, 0.15) is 39.4 Å². The van der Waals surface area contributed by atoms with E-state index in [1.54, 1.807) is 54.7 Å². The number of ether oxygens (including phenoxy) is 3. The van der Waals surface area contributed by atoms with Crippen molar-refractivity contribution in [1.29, 1.82) is 0 Å². The molecule has 0 aliphatic carbocycles. The zero-order chi connectivity index (χ0) is 21.1. The van der Waals surface area contributed by atoms with Gasteiger partial charge in [0, 0.05) is 22.6 Å². The average molecular weight is 420 g/mol. The molecule has 2 aromatic carbocycles. The van der Waals surface area contributed by atoms with E-state index in [0.717, 1.165) is 10.4 Å². The number of rotatable bonds is 6. The molecule has 1 atom stereocenters. The Balaban J connectivity index is 1.60. The molecule has 0 saturated heterocycles. The van der Waals surface area contributed by atoms with Crippen molar-refractivity contribution >= 4 is 29.2 Å². The summed E-state index contributed by atoms with van der Waals surface area (Å²) in [6.45, 7) is 3.99. The van der Waals surface area contributed by atoms with Crippen molar-refractivity contribution in [2.75, 3.05) is 6.61 Å². The van der Waals surface area contributed by atoms with Gasteiger partial charge in [-0.2, -0.15) is 0 Å². The Hall–Kier alpha value is -3.38. The van der Waals surface area contributed by atoms with Crippen LogP contribution in [0.15, 0.2) is 65.7 Å². The lowest BCUT2D eigenvalue weighted by Gasteiger charge is -2.18. The van der Waals surface area contributed by atoms with Crippen LogP contribution >= 0.6 is 11.3 Å². The van der Waals surface area contributed by atoms with Crippen molar-refractivity contribution in [2.45, 2.75) is 20.0 Å². The molecule has 1 aromatic heterocycles. The van der Waals surface area contributed by atoms with Crippen molar-refractivity contribution in [2.24, 2.45) is 0 Å². The largest absolute Gasteiger partial charge is 0.474 e. The lowest BCUT2D eigenvalue weighted by atomic mass is 10.1. The molecule has 0 amide bonds. The van der Waals surface area contributed by atoms with E-state index in [-0.39, 0.29) is 18.1 Å². The van der Waals surface area contributed by atoms with Gasteiger partial charge in [0.25, 0.3) is 0 Å². The van der Waals surface area contributed by atoms with Crippen LogP contribution in [-0.2, 0) is 9.53 Å². The number of carbonyl (C=O) groups excluding carboxylic acids is 2. The third-order valence-electron chi connectivity index (χ3n) is 4.66. The van der Waals surface area contributed by atoms with Gasteiger partial charge in [0.1, 0.15) is 11.5 Å². The van der Waals surface area contributed by atoms with Gasteiger partial charge in [0.05, 0.1) is 12.2 Å². The number of aryl methyl sites for hydroxylation is 1. The number of ketones is 1. The number of hydrogen-bond acceptors (Lipinski definition) is 6. The van der Waals surface area contributed by atoms with E-state index in [9.17, 15) is 9.59 Å². The summed E-state index contributed by atoms with van der Waals surface area (Å²) in [5.41, 5.74) is 2.24. The first-order valence-electron chi connectivity index (χ1n) is 9.57. The maximum atomic E-state index is 12.7. The van der Waals surface area contributed by atoms with Crippen LogP contribution in [-0.4, -0.2) is 18.4 Å². The molecule has 152 valence electrons. The summed E-state index contributed by atoms with van der Waals surface area (Å²) in [6.07, 6.45) is 0.846.